The predicted octanol–water partition coefficient (Wildman–Crippen LogP) is 4.41. The van der Waals surface area contributed by atoms with Crippen LogP contribution in [0.4, 0.5) is 0 Å². The first kappa shape index (κ1) is 23.5. The maximum Gasteiger partial charge on any atom is 0.345 e. The summed E-state index contributed by atoms with van der Waals surface area (Å²) in [5, 5.41) is 13.0. The summed E-state index contributed by atoms with van der Waals surface area (Å²) in [5.74, 6) is -1.42. The number of nitrogens with zero attached hydrogens (tertiary/aromatic N) is 3. The van der Waals surface area contributed by atoms with Crippen LogP contribution < -0.4 is 0 Å². The first-order valence-electron chi connectivity index (χ1n) is 10.0. The normalized spacial score (nSPS) is 11.9. The number of thioether (sulfide) groups is 1. The maximum absolute atomic E-state index is 12.9. The van der Waals surface area contributed by atoms with Gasteiger partial charge in [0.25, 0.3) is 0 Å². The standard InChI is InChI=1S/C23H20N4O5S2/c1-12-17(21(33-3)27-19(24-12)16-9-6-10-34-16)23(30)32-11-15(28)18(22(29)31-2)20-25-13-7-4-5-8-14(13)26-20/h4-10,28H,11H2,1-3H3,(H,25,26)/b18-15+. The molecule has 4 rings (SSSR count). The average molecular weight is 497 g/mol. The molecule has 0 saturated heterocycles. The van der Waals surface area contributed by atoms with Crippen LogP contribution in [-0.4, -0.2) is 57.0 Å². The molecular formula is C23H20N4O5S2. The van der Waals surface area contributed by atoms with E-state index >= 15 is 0 Å². The number of aromatic nitrogens is 4. The van der Waals surface area contributed by atoms with Crippen LogP contribution in [0.15, 0.2) is 52.6 Å². The molecule has 1 aromatic carbocycles. The summed E-state index contributed by atoms with van der Waals surface area (Å²) in [6.07, 6.45) is 1.80. The van der Waals surface area contributed by atoms with E-state index in [1.54, 1.807) is 31.4 Å². The smallest absolute Gasteiger partial charge is 0.345 e. The monoisotopic (exact) mass is 496 g/mol. The molecule has 3 aromatic heterocycles. The molecule has 0 spiro atoms. The van der Waals surface area contributed by atoms with Gasteiger partial charge in [-0.1, -0.05) is 18.2 Å². The number of benzene rings is 1. The number of aliphatic hydroxyl groups excluding tert-OH is 1. The molecule has 4 aromatic rings. The summed E-state index contributed by atoms with van der Waals surface area (Å²) >= 11 is 2.78. The van der Waals surface area contributed by atoms with E-state index in [1.165, 1.54) is 30.2 Å². The van der Waals surface area contributed by atoms with Gasteiger partial charge in [-0.3, -0.25) is 0 Å². The lowest BCUT2D eigenvalue weighted by molar-refractivity contribution is -0.133. The molecule has 34 heavy (non-hydrogen) atoms. The summed E-state index contributed by atoms with van der Waals surface area (Å²) in [6, 6.07) is 10.9. The molecule has 0 bridgehead atoms. The molecular weight excluding hydrogens is 476 g/mol. The number of aromatic amines is 1. The van der Waals surface area contributed by atoms with E-state index in [1.807, 2.05) is 23.6 Å². The van der Waals surface area contributed by atoms with Gasteiger partial charge in [0.05, 0.1) is 28.7 Å². The van der Waals surface area contributed by atoms with E-state index in [0.717, 1.165) is 4.88 Å². The van der Waals surface area contributed by atoms with Crippen LogP contribution in [0.1, 0.15) is 21.9 Å². The summed E-state index contributed by atoms with van der Waals surface area (Å²) in [5.41, 5.74) is 1.70. The van der Waals surface area contributed by atoms with Crippen molar-refractivity contribution >= 4 is 51.6 Å². The number of H-pyrrole nitrogens is 1. The number of carbonyl (C=O) groups is 2. The molecule has 0 aliphatic heterocycles. The molecule has 9 nitrogen and oxygen atoms in total. The van der Waals surface area contributed by atoms with E-state index in [0.29, 0.717) is 27.6 Å². The molecule has 0 saturated carbocycles. The minimum absolute atomic E-state index is 0.103. The molecule has 11 heteroatoms. The number of thiophene rings is 1. The minimum Gasteiger partial charge on any atom is -0.508 e. The number of hydrogen-bond donors (Lipinski definition) is 2. The highest BCUT2D eigenvalue weighted by molar-refractivity contribution is 7.98. The van der Waals surface area contributed by atoms with Crippen LogP contribution in [0, 0.1) is 6.92 Å². The number of hydrogen-bond acceptors (Lipinski definition) is 10. The third-order valence-electron chi connectivity index (χ3n) is 4.84. The van der Waals surface area contributed by atoms with Crippen LogP contribution in [0.2, 0.25) is 0 Å². The van der Waals surface area contributed by atoms with Crippen LogP contribution in [-0.2, 0) is 14.3 Å². The van der Waals surface area contributed by atoms with Gasteiger partial charge < -0.3 is 19.6 Å². The topological polar surface area (TPSA) is 127 Å². The van der Waals surface area contributed by atoms with Gasteiger partial charge in [0.2, 0.25) is 0 Å². The molecule has 0 radical (unpaired) electrons. The summed E-state index contributed by atoms with van der Waals surface area (Å²) in [4.78, 5) is 42.4. The third kappa shape index (κ3) is 4.66. The van der Waals surface area contributed by atoms with Crippen LogP contribution in [0.25, 0.3) is 27.3 Å². The fraction of sp³-hybridized carbons (Fsp3) is 0.174. The number of aliphatic hydroxyl groups is 1. The van der Waals surface area contributed by atoms with E-state index in [2.05, 4.69) is 19.9 Å². The number of esters is 2. The van der Waals surface area contributed by atoms with Crippen molar-refractivity contribution in [3.05, 3.63) is 64.6 Å². The highest BCUT2D eigenvalue weighted by Gasteiger charge is 2.25. The number of methoxy groups -OCH3 is 1. The van der Waals surface area contributed by atoms with E-state index in [9.17, 15) is 14.7 Å². The minimum atomic E-state index is -0.822. The van der Waals surface area contributed by atoms with Crippen molar-refractivity contribution < 1.29 is 24.2 Å². The second kappa shape index (κ2) is 10.1. The van der Waals surface area contributed by atoms with Gasteiger partial charge in [0, 0.05) is 0 Å². The van der Waals surface area contributed by atoms with Crippen molar-refractivity contribution in [2.24, 2.45) is 0 Å². The van der Waals surface area contributed by atoms with Crippen molar-refractivity contribution in [2.75, 3.05) is 20.0 Å². The van der Waals surface area contributed by atoms with E-state index < -0.39 is 24.3 Å². The van der Waals surface area contributed by atoms with E-state index in [4.69, 9.17) is 9.47 Å². The van der Waals surface area contributed by atoms with Crippen LogP contribution in [0.3, 0.4) is 0 Å². The quantitative estimate of drug-likeness (QED) is 0.126. The number of para-hydroxylation sites is 2. The van der Waals surface area contributed by atoms with Crippen molar-refractivity contribution in [3.8, 4) is 10.7 Å². The largest absolute Gasteiger partial charge is 0.508 e. The lowest BCUT2D eigenvalue weighted by Crippen LogP contribution is -2.16. The zero-order valence-corrected chi connectivity index (χ0v) is 20.1. The summed E-state index contributed by atoms with van der Waals surface area (Å²) in [7, 11) is 1.19. The van der Waals surface area contributed by atoms with Gasteiger partial charge in [-0.15, -0.1) is 23.1 Å². The Bertz CT molecular complexity index is 1360. The second-order valence-corrected chi connectivity index (χ2v) is 8.73. The van der Waals surface area contributed by atoms with Crippen LogP contribution in [0.5, 0.6) is 0 Å². The molecule has 0 fully saturated rings. The number of imidazole rings is 1. The van der Waals surface area contributed by atoms with Gasteiger partial charge in [0.1, 0.15) is 34.4 Å². The average Bonchev–Trinajstić information content (AvgIpc) is 3.52. The summed E-state index contributed by atoms with van der Waals surface area (Å²) < 4.78 is 10.1. The van der Waals surface area contributed by atoms with Crippen LogP contribution >= 0.6 is 23.1 Å². The number of ether oxygens (including phenoxy) is 2. The van der Waals surface area contributed by atoms with Crippen molar-refractivity contribution in [1.82, 2.24) is 19.9 Å². The fourth-order valence-corrected chi connectivity index (χ4v) is 4.52. The molecule has 174 valence electrons. The third-order valence-corrected chi connectivity index (χ3v) is 6.39. The Hall–Kier alpha value is -3.70. The van der Waals surface area contributed by atoms with Gasteiger partial charge in [-0.2, -0.15) is 0 Å². The Labute approximate surface area is 202 Å². The molecule has 0 unspecified atom stereocenters. The Morgan fingerprint density at radius 1 is 1.15 bits per heavy atom. The molecule has 2 N–H and O–H groups in total. The van der Waals surface area contributed by atoms with E-state index in [-0.39, 0.29) is 17.0 Å². The number of carbonyl (C=O) groups excluding carboxylic acids is 2. The van der Waals surface area contributed by atoms with Crippen molar-refractivity contribution in [1.29, 1.82) is 0 Å². The lowest BCUT2D eigenvalue weighted by Gasteiger charge is -2.12. The SMILES string of the molecule is COC(=O)/C(=C(/O)COC(=O)c1c(C)nc(-c2cccs2)nc1SC)c1nc2ccccc2[nH]1. The first-order chi connectivity index (χ1) is 16.4. The predicted molar refractivity (Wildman–Crippen MR) is 130 cm³/mol. The molecule has 3 heterocycles. The fourth-order valence-electron chi connectivity index (χ4n) is 3.25. The van der Waals surface area contributed by atoms with Crippen molar-refractivity contribution in [3.63, 3.8) is 0 Å². The lowest BCUT2D eigenvalue weighted by atomic mass is 10.2. The Balaban J connectivity index is 1.62. The number of fused-ring (bicyclic) bond motifs is 1. The number of aryl methyl sites for hydroxylation is 1. The van der Waals surface area contributed by atoms with Crippen molar-refractivity contribution in [2.45, 2.75) is 11.9 Å². The zero-order chi connectivity index (χ0) is 24.2. The highest BCUT2D eigenvalue weighted by Crippen LogP contribution is 2.28. The Morgan fingerprint density at radius 2 is 1.94 bits per heavy atom. The zero-order valence-electron chi connectivity index (χ0n) is 18.5. The maximum atomic E-state index is 12.9. The molecule has 0 atom stereocenters. The van der Waals surface area contributed by atoms with Gasteiger partial charge >= 0.3 is 11.9 Å². The molecule has 0 amide bonds. The molecule has 0 aliphatic rings. The summed E-state index contributed by atoms with van der Waals surface area (Å²) in [6.45, 7) is 1.12. The first-order valence-corrected chi connectivity index (χ1v) is 12.1. The Kier molecular flexibility index (Phi) is 6.94. The number of rotatable bonds is 7. The van der Waals surface area contributed by atoms with Gasteiger partial charge in [-0.25, -0.2) is 24.5 Å². The second-order valence-electron chi connectivity index (χ2n) is 6.99. The Morgan fingerprint density at radius 3 is 2.62 bits per heavy atom. The molecule has 0 aliphatic carbocycles. The highest BCUT2D eigenvalue weighted by atomic mass is 32.2. The number of nitrogens with one attached hydrogen (secondary N) is 1. The van der Waals surface area contributed by atoms with Gasteiger partial charge in [0.15, 0.2) is 5.82 Å². The van der Waals surface area contributed by atoms with Gasteiger partial charge in [-0.05, 0) is 36.8 Å².